The summed E-state index contributed by atoms with van der Waals surface area (Å²) in [5.41, 5.74) is 0.962. The minimum atomic E-state index is -0.0683. The smallest absolute Gasteiger partial charge is 0.242 e. The average Bonchev–Trinajstić information content (AvgIpc) is 3.55. The van der Waals surface area contributed by atoms with Crippen molar-refractivity contribution >= 4 is 34.5 Å². The Labute approximate surface area is 202 Å². The van der Waals surface area contributed by atoms with E-state index in [2.05, 4.69) is 13.8 Å². The molecule has 4 rings (SSSR count). The predicted molar refractivity (Wildman–Crippen MR) is 131 cm³/mol. The van der Waals surface area contributed by atoms with E-state index in [0.717, 1.165) is 21.1 Å². The summed E-state index contributed by atoms with van der Waals surface area (Å²) in [6.07, 6.45) is 0.324. The van der Waals surface area contributed by atoms with Crippen LogP contribution in [-0.2, 0) is 29.1 Å². The molecule has 0 fully saturated rings. The van der Waals surface area contributed by atoms with Gasteiger partial charge in [-0.15, -0.1) is 22.7 Å². The van der Waals surface area contributed by atoms with Crippen LogP contribution in [0.3, 0.4) is 0 Å². The minimum Gasteiger partial charge on any atom is -0.454 e. The van der Waals surface area contributed by atoms with Crippen LogP contribution in [0.25, 0.3) is 0 Å². The van der Waals surface area contributed by atoms with Crippen molar-refractivity contribution in [1.82, 2.24) is 9.80 Å². The number of carbonyl (C=O) groups is 2. The van der Waals surface area contributed by atoms with Crippen molar-refractivity contribution in [3.8, 4) is 11.5 Å². The SMILES string of the molecule is CC(C)CN(CC(=O)N(Cc1ccc2c(c1)OCO2)Cc1cccs1)C(=O)Cc1cccs1. The third kappa shape index (κ3) is 6.36. The molecule has 2 aromatic heterocycles. The van der Waals surface area contributed by atoms with Crippen LogP contribution in [0.4, 0.5) is 0 Å². The molecular formula is C25H28N2O4S2. The molecule has 0 radical (unpaired) electrons. The van der Waals surface area contributed by atoms with Gasteiger partial charge in [-0.2, -0.15) is 0 Å². The van der Waals surface area contributed by atoms with Gasteiger partial charge in [-0.1, -0.05) is 32.0 Å². The maximum atomic E-state index is 13.5. The molecule has 3 heterocycles. The van der Waals surface area contributed by atoms with Crippen LogP contribution in [0.1, 0.15) is 29.2 Å². The molecule has 6 nitrogen and oxygen atoms in total. The Bertz CT molecular complexity index is 1060. The number of hydrogen-bond donors (Lipinski definition) is 0. The molecule has 3 aromatic rings. The van der Waals surface area contributed by atoms with E-state index in [-0.39, 0.29) is 31.1 Å². The summed E-state index contributed by atoms with van der Waals surface area (Å²) in [4.78, 5) is 32.2. The van der Waals surface area contributed by atoms with Crippen molar-refractivity contribution in [2.75, 3.05) is 19.9 Å². The topological polar surface area (TPSA) is 59.1 Å². The van der Waals surface area contributed by atoms with Crippen LogP contribution in [0.15, 0.2) is 53.2 Å². The first kappa shape index (κ1) is 23.3. The fourth-order valence-corrected chi connectivity index (χ4v) is 5.13. The highest BCUT2D eigenvalue weighted by Crippen LogP contribution is 2.33. The summed E-state index contributed by atoms with van der Waals surface area (Å²) < 4.78 is 10.9. The second-order valence-electron chi connectivity index (χ2n) is 8.44. The highest BCUT2D eigenvalue weighted by atomic mass is 32.1. The largest absolute Gasteiger partial charge is 0.454 e. The van der Waals surface area contributed by atoms with E-state index in [1.807, 2.05) is 58.1 Å². The number of amides is 2. The molecule has 2 amide bonds. The van der Waals surface area contributed by atoms with E-state index >= 15 is 0 Å². The summed E-state index contributed by atoms with van der Waals surface area (Å²) >= 11 is 3.18. The molecule has 33 heavy (non-hydrogen) atoms. The van der Waals surface area contributed by atoms with Gasteiger partial charge in [-0.3, -0.25) is 9.59 Å². The van der Waals surface area contributed by atoms with Gasteiger partial charge in [0, 0.05) is 22.8 Å². The minimum absolute atomic E-state index is 0.0151. The van der Waals surface area contributed by atoms with Gasteiger partial charge in [0.25, 0.3) is 0 Å². The van der Waals surface area contributed by atoms with Crippen molar-refractivity contribution in [1.29, 1.82) is 0 Å². The Balaban J connectivity index is 1.50. The van der Waals surface area contributed by atoms with E-state index in [4.69, 9.17) is 9.47 Å². The van der Waals surface area contributed by atoms with Gasteiger partial charge in [0.2, 0.25) is 18.6 Å². The third-order valence-corrected chi connectivity index (χ3v) is 7.00. The standard InChI is InChI=1S/C25H28N2O4S2/c1-18(2)13-26(24(28)12-20-5-3-9-32-20)16-25(29)27(15-21-6-4-10-33-21)14-19-7-8-22-23(11-19)31-17-30-22/h3-11,18H,12-17H2,1-2H3. The number of fused-ring (bicyclic) bond motifs is 1. The number of thiophene rings is 2. The number of carbonyl (C=O) groups excluding carboxylic acids is 2. The molecule has 0 bridgehead atoms. The number of ether oxygens (including phenoxy) is 2. The fraction of sp³-hybridized carbons (Fsp3) is 0.360. The number of benzene rings is 1. The molecule has 8 heteroatoms. The first-order chi connectivity index (χ1) is 16.0. The van der Waals surface area contributed by atoms with Gasteiger partial charge < -0.3 is 19.3 Å². The first-order valence-electron chi connectivity index (χ1n) is 11.0. The molecule has 0 unspecified atom stereocenters. The van der Waals surface area contributed by atoms with Gasteiger partial charge in [-0.25, -0.2) is 0 Å². The van der Waals surface area contributed by atoms with E-state index in [0.29, 0.717) is 31.8 Å². The Morgan fingerprint density at radius 3 is 2.33 bits per heavy atom. The van der Waals surface area contributed by atoms with Crippen molar-refractivity contribution in [3.63, 3.8) is 0 Å². The van der Waals surface area contributed by atoms with Crippen LogP contribution < -0.4 is 9.47 Å². The van der Waals surface area contributed by atoms with Gasteiger partial charge in [0.1, 0.15) is 0 Å². The molecule has 0 saturated carbocycles. The van der Waals surface area contributed by atoms with Gasteiger partial charge in [0.15, 0.2) is 11.5 Å². The summed E-state index contributed by atoms with van der Waals surface area (Å²) in [7, 11) is 0. The number of rotatable bonds is 10. The van der Waals surface area contributed by atoms with Gasteiger partial charge in [0.05, 0.1) is 19.5 Å². The maximum absolute atomic E-state index is 13.5. The second kappa shape index (κ2) is 10.9. The van der Waals surface area contributed by atoms with Crippen molar-refractivity contribution in [3.05, 3.63) is 68.5 Å². The Morgan fingerprint density at radius 2 is 1.64 bits per heavy atom. The predicted octanol–water partition coefficient (Wildman–Crippen LogP) is 4.79. The van der Waals surface area contributed by atoms with Crippen LogP contribution in [0.5, 0.6) is 11.5 Å². The summed E-state index contributed by atoms with van der Waals surface area (Å²) in [5.74, 6) is 1.60. The van der Waals surface area contributed by atoms with Crippen molar-refractivity contribution in [2.24, 2.45) is 5.92 Å². The summed E-state index contributed by atoms with van der Waals surface area (Å²) in [5, 5.41) is 3.98. The third-order valence-electron chi connectivity index (χ3n) is 5.26. The zero-order chi connectivity index (χ0) is 23.2. The Morgan fingerprint density at radius 1 is 0.909 bits per heavy atom. The van der Waals surface area contributed by atoms with Crippen LogP contribution in [-0.4, -0.2) is 41.5 Å². The van der Waals surface area contributed by atoms with Crippen LogP contribution >= 0.6 is 22.7 Å². The van der Waals surface area contributed by atoms with Gasteiger partial charge in [-0.05, 0) is 46.5 Å². The fourth-order valence-electron chi connectivity index (χ4n) is 3.72. The lowest BCUT2D eigenvalue weighted by Gasteiger charge is -2.28. The highest BCUT2D eigenvalue weighted by molar-refractivity contribution is 7.10. The molecule has 0 aliphatic carbocycles. The van der Waals surface area contributed by atoms with E-state index < -0.39 is 0 Å². The molecular weight excluding hydrogens is 456 g/mol. The summed E-state index contributed by atoms with van der Waals surface area (Å²) in [6, 6.07) is 13.7. The molecule has 1 aliphatic heterocycles. The zero-order valence-corrected chi connectivity index (χ0v) is 20.5. The number of nitrogens with zero attached hydrogens (tertiary/aromatic N) is 2. The second-order valence-corrected chi connectivity index (χ2v) is 10.5. The van der Waals surface area contributed by atoms with Crippen molar-refractivity contribution in [2.45, 2.75) is 33.4 Å². The molecule has 0 atom stereocenters. The number of hydrogen-bond acceptors (Lipinski definition) is 6. The normalized spacial score (nSPS) is 12.2. The zero-order valence-electron chi connectivity index (χ0n) is 18.9. The summed E-state index contributed by atoms with van der Waals surface area (Å²) in [6.45, 7) is 5.89. The molecule has 1 aliphatic rings. The monoisotopic (exact) mass is 484 g/mol. The van der Waals surface area contributed by atoms with Gasteiger partial charge >= 0.3 is 0 Å². The Hall–Kier alpha value is -2.84. The lowest BCUT2D eigenvalue weighted by molar-refractivity contribution is -0.141. The quantitative estimate of drug-likeness (QED) is 0.415. The maximum Gasteiger partial charge on any atom is 0.242 e. The lowest BCUT2D eigenvalue weighted by Crippen LogP contribution is -2.44. The molecule has 1 aromatic carbocycles. The molecule has 174 valence electrons. The molecule has 0 N–H and O–H groups in total. The molecule has 0 spiro atoms. The van der Waals surface area contributed by atoms with Crippen molar-refractivity contribution < 1.29 is 19.1 Å². The molecule has 0 saturated heterocycles. The average molecular weight is 485 g/mol. The Kier molecular flexibility index (Phi) is 7.67. The van der Waals surface area contributed by atoms with E-state index in [1.54, 1.807) is 27.6 Å². The lowest BCUT2D eigenvalue weighted by atomic mass is 10.1. The van der Waals surface area contributed by atoms with E-state index in [1.165, 1.54) is 0 Å². The van der Waals surface area contributed by atoms with Crippen LogP contribution in [0.2, 0.25) is 0 Å². The van der Waals surface area contributed by atoms with Crippen LogP contribution in [0, 0.1) is 5.92 Å². The van der Waals surface area contributed by atoms with E-state index in [9.17, 15) is 9.59 Å². The highest BCUT2D eigenvalue weighted by Gasteiger charge is 2.24. The first-order valence-corrected chi connectivity index (χ1v) is 12.7.